The zero-order valence-corrected chi connectivity index (χ0v) is 14.7. The van der Waals surface area contributed by atoms with Crippen molar-refractivity contribution in [2.24, 2.45) is 0 Å². The highest BCUT2D eigenvalue weighted by molar-refractivity contribution is 5.92. The van der Waals surface area contributed by atoms with Crippen LogP contribution in [-0.2, 0) is 9.59 Å². The number of ether oxygens (including phenoxy) is 2. The van der Waals surface area contributed by atoms with Gasteiger partial charge < -0.3 is 14.8 Å². The summed E-state index contributed by atoms with van der Waals surface area (Å²) >= 11 is 0. The number of hydrogen-bond donors (Lipinski definition) is 1. The summed E-state index contributed by atoms with van der Waals surface area (Å²) < 4.78 is 10.5. The Hall–Kier alpha value is -2.82. The van der Waals surface area contributed by atoms with Gasteiger partial charge in [-0.05, 0) is 42.2 Å². The smallest absolute Gasteiger partial charge is 0.308 e. The van der Waals surface area contributed by atoms with Crippen molar-refractivity contribution < 1.29 is 19.1 Å². The molecular formula is C20H23NO4. The average Bonchev–Trinajstić information content (AvgIpc) is 2.59. The Balaban J connectivity index is 1.87. The first-order chi connectivity index (χ1) is 12.0. The first-order valence-corrected chi connectivity index (χ1v) is 8.29. The fourth-order valence-electron chi connectivity index (χ4n) is 2.28. The molecular weight excluding hydrogens is 318 g/mol. The van der Waals surface area contributed by atoms with E-state index in [1.54, 1.807) is 24.3 Å². The maximum absolute atomic E-state index is 12.0. The van der Waals surface area contributed by atoms with Gasteiger partial charge in [0.25, 0.3) is 5.91 Å². The van der Waals surface area contributed by atoms with Gasteiger partial charge in [-0.1, -0.05) is 32.0 Å². The lowest BCUT2D eigenvalue weighted by atomic mass is 9.99. The molecule has 0 aliphatic carbocycles. The number of benzene rings is 2. The summed E-state index contributed by atoms with van der Waals surface area (Å²) in [7, 11) is 0. The van der Waals surface area contributed by atoms with Gasteiger partial charge in [-0.3, -0.25) is 9.59 Å². The summed E-state index contributed by atoms with van der Waals surface area (Å²) in [4.78, 5) is 23.0. The molecule has 0 radical (unpaired) electrons. The third-order valence-corrected chi connectivity index (χ3v) is 3.81. The number of carbonyl (C=O) groups excluding carboxylic acids is 2. The van der Waals surface area contributed by atoms with E-state index in [-0.39, 0.29) is 12.5 Å². The molecule has 25 heavy (non-hydrogen) atoms. The minimum Gasteiger partial charge on any atom is -0.484 e. The second-order valence-electron chi connectivity index (χ2n) is 5.84. The Kier molecular flexibility index (Phi) is 6.57. The third-order valence-electron chi connectivity index (χ3n) is 3.81. The molecule has 0 aliphatic heterocycles. The van der Waals surface area contributed by atoms with Crippen LogP contribution in [-0.4, -0.2) is 18.5 Å². The van der Waals surface area contributed by atoms with Crippen molar-refractivity contribution in [1.82, 2.24) is 0 Å². The van der Waals surface area contributed by atoms with Crippen molar-refractivity contribution in [1.29, 1.82) is 0 Å². The van der Waals surface area contributed by atoms with Gasteiger partial charge in [0.15, 0.2) is 6.61 Å². The SMILES string of the molecule is CCC(C)c1ccc(OCC(=O)Nc2cccc(OC(C)=O)c2)cc1. The Bertz CT molecular complexity index is 725. The summed E-state index contributed by atoms with van der Waals surface area (Å²) in [5, 5.41) is 2.71. The molecule has 2 rings (SSSR count). The molecule has 0 heterocycles. The molecule has 5 nitrogen and oxygen atoms in total. The van der Waals surface area contributed by atoms with Crippen molar-refractivity contribution in [3.63, 3.8) is 0 Å². The Labute approximate surface area is 148 Å². The number of nitrogens with one attached hydrogen (secondary N) is 1. The first-order valence-electron chi connectivity index (χ1n) is 8.29. The number of amides is 1. The van der Waals surface area contributed by atoms with Gasteiger partial charge in [-0.25, -0.2) is 0 Å². The van der Waals surface area contributed by atoms with Crippen molar-refractivity contribution >= 4 is 17.6 Å². The van der Waals surface area contributed by atoms with Crippen LogP contribution in [0.25, 0.3) is 0 Å². The van der Waals surface area contributed by atoms with Crippen molar-refractivity contribution in [3.8, 4) is 11.5 Å². The first kappa shape index (κ1) is 18.5. The van der Waals surface area contributed by atoms with Gasteiger partial charge >= 0.3 is 5.97 Å². The van der Waals surface area contributed by atoms with Crippen LogP contribution < -0.4 is 14.8 Å². The van der Waals surface area contributed by atoms with Crippen LogP contribution in [0.4, 0.5) is 5.69 Å². The van der Waals surface area contributed by atoms with E-state index in [0.29, 0.717) is 23.1 Å². The molecule has 0 saturated heterocycles. The minimum atomic E-state index is -0.410. The van der Waals surface area contributed by atoms with Gasteiger partial charge in [0.2, 0.25) is 0 Å². The molecule has 0 spiro atoms. The van der Waals surface area contributed by atoms with E-state index < -0.39 is 5.97 Å². The van der Waals surface area contributed by atoms with Crippen LogP contribution in [0.2, 0.25) is 0 Å². The highest BCUT2D eigenvalue weighted by Crippen LogP contribution is 2.21. The fraction of sp³-hybridized carbons (Fsp3) is 0.300. The molecule has 0 fully saturated rings. The maximum Gasteiger partial charge on any atom is 0.308 e. The van der Waals surface area contributed by atoms with E-state index in [9.17, 15) is 9.59 Å². The molecule has 1 unspecified atom stereocenters. The van der Waals surface area contributed by atoms with Crippen LogP contribution in [0.3, 0.4) is 0 Å². The number of anilines is 1. The summed E-state index contributed by atoms with van der Waals surface area (Å²) in [6.45, 7) is 5.55. The zero-order chi connectivity index (χ0) is 18.2. The summed E-state index contributed by atoms with van der Waals surface area (Å²) in [6, 6.07) is 14.4. The van der Waals surface area contributed by atoms with Gasteiger partial charge in [0.1, 0.15) is 11.5 Å². The van der Waals surface area contributed by atoms with Crippen molar-refractivity contribution in [2.75, 3.05) is 11.9 Å². The number of rotatable bonds is 7. The molecule has 0 aromatic heterocycles. The van der Waals surface area contributed by atoms with E-state index in [1.807, 2.05) is 24.3 Å². The van der Waals surface area contributed by atoms with E-state index in [2.05, 4.69) is 19.2 Å². The Morgan fingerprint density at radius 2 is 1.80 bits per heavy atom. The van der Waals surface area contributed by atoms with Crippen molar-refractivity contribution in [3.05, 3.63) is 54.1 Å². The molecule has 0 aliphatic rings. The fourth-order valence-corrected chi connectivity index (χ4v) is 2.28. The highest BCUT2D eigenvalue weighted by Gasteiger charge is 2.07. The van der Waals surface area contributed by atoms with E-state index in [4.69, 9.17) is 9.47 Å². The van der Waals surface area contributed by atoms with Crippen LogP contribution in [0.5, 0.6) is 11.5 Å². The minimum absolute atomic E-state index is 0.0968. The number of esters is 1. The summed E-state index contributed by atoms with van der Waals surface area (Å²) in [5.74, 6) is 0.836. The predicted octanol–water partition coefficient (Wildman–Crippen LogP) is 4.14. The molecule has 0 saturated carbocycles. The van der Waals surface area contributed by atoms with Gasteiger partial charge in [0, 0.05) is 18.7 Å². The molecule has 2 aromatic rings. The Morgan fingerprint density at radius 1 is 1.08 bits per heavy atom. The van der Waals surface area contributed by atoms with Gasteiger partial charge in [0.05, 0.1) is 0 Å². The average molecular weight is 341 g/mol. The van der Waals surface area contributed by atoms with Gasteiger partial charge in [-0.2, -0.15) is 0 Å². The Morgan fingerprint density at radius 3 is 2.44 bits per heavy atom. The lowest BCUT2D eigenvalue weighted by Crippen LogP contribution is -2.20. The third kappa shape index (κ3) is 5.95. The summed E-state index contributed by atoms with van der Waals surface area (Å²) in [5.41, 5.74) is 1.79. The van der Waals surface area contributed by atoms with Crippen LogP contribution in [0.1, 0.15) is 38.7 Å². The lowest BCUT2D eigenvalue weighted by Gasteiger charge is -2.11. The van der Waals surface area contributed by atoms with E-state index >= 15 is 0 Å². The van der Waals surface area contributed by atoms with Gasteiger partial charge in [-0.15, -0.1) is 0 Å². The highest BCUT2D eigenvalue weighted by atomic mass is 16.5. The molecule has 5 heteroatoms. The molecule has 1 N–H and O–H groups in total. The molecule has 132 valence electrons. The zero-order valence-electron chi connectivity index (χ0n) is 14.7. The monoisotopic (exact) mass is 341 g/mol. The largest absolute Gasteiger partial charge is 0.484 e. The topological polar surface area (TPSA) is 64.6 Å². The normalized spacial score (nSPS) is 11.5. The van der Waals surface area contributed by atoms with Crippen LogP contribution in [0.15, 0.2) is 48.5 Å². The van der Waals surface area contributed by atoms with Crippen LogP contribution >= 0.6 is 0 Å². The second kappa shape index (κ2) is 8.87. The van der Waals surface area contributed by atoms with E-state index in [0.717, 1.165) is 6.42 Å². The lowest BCUT2D eigenvalue weighted by molar-refractivity contribution is -0.131. The number of carbonyl (C=O) groups is 2. The predicted molar refractivity (Wildman–Crippen MR) is 97.0 cm³/mol. The quantitative estimate of drug-likeness (QED) is 0.607. The maximum atomic E-state index is 12.0. The molecule has 1 atom stereocenters. The molecule has 2 aromatic carbocycles. The van der Waals surface area contributed by atoms with Crippen LogP contribution in [0, 0.1) is 0 Å². The van der Waals surface area contributed by atoms with Crippen molar-refractivity contribution in [2.45, 2.75) is 33.1 Å². The molecule has 0 bridgehead atoms. The summed E-state index contributed by atoms with van der Waals surface area (Å²) in [6.07, 6.45) is 1.08. The second-order valence-corrected chi connectivity index (χ2v) is 5.84. The standard InChI is InChI=1S/C20H23NO4/c1-4-14(2)16-8-10-18(11-9-16)24-13-20(23)21-17-6-5-7-19(12-17)25-15(3)22/h5-12,14H,4,13H2,1-3H3,(H,21,23). The van der Waals surface area contributed by atoms with E-state index in [1.165, 1.54) is 12.5 Å². The number of hydrogen-bond acceptors (Lipinski definition) is 4. The molecule has 1 amide bonds.